The monoisotopic (exact) mass is 2070 g/mol. The molecule has 0 aliphatic heterocycles. The molecule has 5 aromatic heterocycles. The smallest absolute Gasteiger partial charge is 0.297 e. The number of hydrogen-bond donors (Lipinski definition) is 3. The first kappa shape index (κ1) is 109. The Morgan fingerprint density at radius 3 is 0.708 bits per heavy atom. The van der Waals surface area contributed by atoms with Crippen molar-refractivity contribution >= 4 is 89.9 Å². The van der Waals surface area contributed by atoms with Crippen LogP contribution >= 0.6 is 11.6 Å². The summed E-state index contributed by atoms with van der Waals surface area (Å²) < 4.78 is 174. The fourth-order valence-corrected chi connectivity index (χ4v) is 20.5. The molecular weight excluding hydrogens is 1960 g/mol. The second-order valence-electron chi connectivity index (χ2n) is 37.7. The third-order valence-electron chi connectivity index (χ3n) is 22.6. The van der Waals surface area contributed by atoms with E-state index in [4.69, 9.17) is 75.1 Å². The molecule has 0 unspecified atom stereocenters. The number of methoxy groups -OCH3 is 7. The first-order chi connectivity index (χ1) is 67.4. The molecule has 0 fully saturated rings. The van der Waals surface area contributed by atoms with Crippen molar-refractivity contribution in [2.24, 2.45) is 0 Å². The molecule has 15 aromatic rings. The molecule has 5 heterocycles. The summed E-state index contributed by atoms with van der Waals surface area (Å²) in [5.74, 6) is 2.56. The van der Waals surface area contributed by atoms with Crippen LogP contribution in [0.2, 0.25) is 5.02 Å². The minimum Gasteiger partial charge on any atom is -0.497 e. The minimum absolute atomic E-state index is 0.0463. The van der Waals surface area contributed by atoms with E-state index in [1.54, 1.807) is 176 Å². The number of nitrogens with two attached hydrogens (primary N) is 3. The topological polar surface area (TPSA) is 476 Å². The predicted molar refractivity (Wildman–Crippen MR) is 546 cm³/mol. The Kier molecular flexibility index (Phi) is 32.6. The van der Waals surface area contributed by atoms with E-state index < -0.39 is 54.2 Å². The van der Waals surface area contributed by atoms with Crippen LogP contribution in [0.1, 0.15) is 143 Å². The number of hydrogen-bond acceptors (Lipinski definition) is 30. The first-order valence-electron chi connectivity index (χ1n) is 44.1. The van der Waals surface area contributed by atoms with E-state index in [1.807, 2.05) is 46.8 Å². The van der Waals surface area contributed by atoms with Crippen molar-refractivity contribution in [1.29, 1.82) is 0 Å². The Balaban J connectivity index is 0.000000172. The summed E-state index contributed by atoms with van der Waals surface area (Å²) >= 11 is 6.04. The Bertz CT molecular complexity index is 7760. The highest BCUT2D eigenvalue weighted by molar-refractivity contribution is 7.92. The van der Waals surface area contributed by atoms with E-state index in [0.29, 0.717) is 73.7 Å². The second-order valence-corrected chi connectivity index (χ2v) is 47.5. The Labute approximate surface area is 843 Å². The standard InChI is InChI=1S/C21H22N4O4S.C21H22N4O3S.C20H24N4O4S.C20H24N4O3S.C19H21ClN4O3S/c1-21(2,3)14-7-10-16(11-8-14)30(26,27)20-19(22-4)25(24-23-20)17-13-15(28-5)9-12-18(17)29-6;1-14-7-12-18(28-6)17(13-14)25-19(22-5)20(23-24-25)29(26,27)16-10-8-15(9-11-16)21(2,3)4;1-20(2,3)13-6-9-15(10-7-13)29(25,26)19-18(21)24(23-22-19)16-12-14(27-4)8-11-17(16)28-5;1-13-6-11-17(27-5)16(12-13)24-18(21)19(22-23-24)28(25,26)15-9-7-14(8-10-15)20(2,3)4;1-19(2,3)12-5-8-14(9-6-12)28(25,26)18-17(21)24(23-22-18)15-11-13(20)7-10-16(15)27-4/h7-13H,1-3,5-6H3;7-13H,1-4,6H3;6-12H,21H2,1-5H3;6-12H,21H2,1-5H3;5-11H,21H2,1-4H3. The number of aryl methyl sites for hydroxylation is 2. The van der Waals surface area contributed by atoms with Crippen LogP contribution in [-0.2, 0) is 76.3 Å². The van der Waals surface area contributed by atoms with Gasteiger partial charge in [0.15, 0.2) is 40.3 Å². The highest BCUT2D eigenvalue weighted by Crippen LogP contribution is 2.42. The van der Waals surface area contributed by atoms with Crippen LogP contribution in [0, 0.1) is 27.0 Å². The Hall–Kier alpha value is -15.1. The molecule has 0 saturated heterocycles. The van der Waals surface area contributed by atoms with Gasteiger partial charge in [-0.25, -0.2) is 42.1 Å². The van der Waals surface area contributed by atoms with Gasteiger partial charge in [-0.15, -0.1) is 34.9 Å². The number of rotatable bonds is 22. The van der Waals surface area contributed by atoms with Gasteiger partial charge in [0.1, 0.15) is 45.8 Å². The molecular formula is C101H113ClN20O17S5. The number of nitrogens with zero attached hydrogens (tertiary/aromatic N) is 17. The SMILES string of the molecule is COc1ccc(C)cc1-n1nnc(S(=O)(=O)c2ccc(C(C)(C)C)cc2)c1N.COc1ccc(Cl)cc1-n1nnc(S(=O)(=O)c2ccc(C(C)(C)C)cc2)c1N.COc1ccc(OC)c(-n2nnc(S(=O)(=O)c3ccc(C(C)(C)C)cc3)c2N)c1.[C-]#[N+]c1c(S(=O)(=O)c2ccc(C(C)(C)C)cc2)nnn1-c1cc(C)ccc1OC.[C-]#[N+]c1c(S(=O)(=O)c2ccc(C(C)(C)C)cc2)nnn1-c1cc(OC)ccc1OC. The van der Waals surface area contributed by atoms with Gasteiger partial charge in [0.2, 0.25) is 74.3 Å². The molecule has 0 saturated carbocycles. The molecule has 15 rings (SSSR count). The molecule has 0 bridgehead atoms. The molecule has 0 spiro atoms. The maximum atomic E-state index is 13.2. The van der Waals surface area contributed by atoms with Crippen LogP contribution in [-0.4, -0.2) is 167 Å². The first-order valence-corrected chi connectivity index (χ1v) is 51.9. The van der Waals surface area contributed by atoms with Crippen molar-refractivity contribution < 1.29 is 75.2 Å². The van der Waals surface area contributed by atoms with Crippen molar-refractivity contribution in [2.45, 2.75) is 194 Å². The van der Waals surface area contributed by atoms with Crippen LogP contribution in [0.5, 0.6) is 40.2 Å². The van der Waals surface area contributed by atoms with Crippen LogP contribution in [0.4, 0.5) is 29.1 Å². The van der Waals surface area contributed by atoms with Crippen molar-refractivity contribution in [2.75, 3.05) is 67.0 Å². The van der Waals surface area contributed by atoms with E-state index >= 15 is 0 Å². The van der Waals surface area contributed by atoms with Gasteiger partial charge in [-0.2, -0.15) is 14.0 Å². The maximum Gasteiger partial charge on any atom is 0.297 e. The van der Waals surface area contributed by atoms with Gasteiger partial charge in [-0.3, -0.25) is 0 Å². The molecule has 6 N–H and O–H groups in total. The predicted octanol–water partition coefficient (Wildman–Crippen LogP) is 18.2. The van der Waals surface area contributed by atoms with E-state index in [-0.39, 0.29) is 101 Å². The Morgan fingerprint density at radius 1 is 0.271 bits per heavy atom. The number of sulfone groups is 5. The summed E-state index contributed by atoms with van der Waals surface area (Å²) in [6.07, 6.45) is 0. The zero-order valence-electron chi connectivity index (χ0n) is 83.9. The van der Waals surface area contributed by atoms with Gasteiger partial charge >= 0.3 is 0 Å². The van der Waals surface area contributed by atoms with E-state index in [2.05, 4.69) is 144 Å². The van der Waals surface area contributed by atoms with E-state index in [0.717, 1.165) is 43.6 Å². The molecule has 43 heteroatoms. The number of benzene rings is 10. The highest BCUT2D eigenvalue weighted by Gasteiger charge is 2.37. The minimum atomic E-state index is -4.05. The fourth-order valence-electron chi connectivity index (χ4n) is 14.2. The quantitative estimate of drug-likeness (QED) is 0.0530. The highest BCUT2D eigenvalue weighted by atomic mass is 35.5. The van der Waals surface area contributed by atoms with Gasteiger partial charge in [0.25, 0.3) is 11.6 Å². The maximum absolute atomic E-state index is 13.2. The number of halogens is 1. The molecule has 0 aliphatic carbocycles. The number of ether oxygens (including phenoxy) is 7. The molecule has 756 valence electrons. The number of nitrogen functional groups attached to an aromatic ring is 3. The van der Waals surface area contributed by atoms with Crippen molar-refractivity contribution in [3.05, 3.63) is 279 Å². The second kappa shape index (κ2) is 43.0. The van der Waals surface area contributed by atoms with E-state index in [1.165, 1.54) is 92.8 Å². The van der Waals surface area contributed by atoms with Crippen LogP contribution < -0.4 is 50.4 Å². The summed E-state index contributed by atoms with van der Waals surface area (Å²) in [5.41, 5.74) is 27.0. The summed E-state index contributed by atoms with van der Waals surface area (Å²) in [6.45, 7) is 49.7. The molecule has 0 amide bonds. The van der Waals surface area contributed by atoms with Gasteiger partial charge < -0.3 is 60.0 Å². The molecule has 37 nitrogen and oxygen atoms in total. The van der Waals surface area contributed by atoms with Gasteiger partial charge in [0.05, 0.1) is 74.2 Å². The number of aromatic nitrogens is 15. The lowest BCUT2D eigenvalue weighted by Crippen LogP contribution is -2.12. The lowest BCUT2D eigenvalue weighted by atomic mass is 9.87. The lowest BCUT2D eigenvalue weighted by molar-refractivity contribution is 0.400. The summed E-state index contributed by atoms with van der Waals surface area (Å²) in [4.78, 5) is 7.24. The molecule has 0 radical (unpaired) electrons. The largest absolute Gasteiger partial charge is 0.497 e. The molecule has 144 heavy (non-hydrogen) atoms. The van der Waals surface area contributed by atoms with Crippen LogP contribution in [0.15, 0.2) is 262 Å². The molecule has 0 aliphatic rings. The average Bonchev–Trinajstić information content (AvgIpc) is 1.62. The van der Waals surface area contributed by atoms with Crippen molar-refractivity contribution in [3.63, 3.8) is 0 Å². The van der Waals surface area contributed by atoms with Gasteiger partial charge in [-0.05, 0) is 207 Å². The zero-order chi connectivity index (χ0) is 106. The molecule has 10 aromatic carbocycles. The van der Waals surface area contributed by atoms with Gasteiger partial charge in [-0.1, -0.05) is 217 Å². The summed E-state index contributed by atoms with van der Waals surface area (Å²) in [5, 5.41) is 37.6. The summed E-state index contributed by atoms with van der Waals surface area (Å²) in [7, 11) is -9.37. The average molecular weight is 2070 g/mol. The van der Waals surface area contributed by atoms with Crippen molar-refractivity contribution in [3.8, 4) is 68.7 Å². The fraction of sp³-hybridized carbons (Fsp3) is 0.287. The lowest BCUT2D eigenvalue weighted by Gasteiger charge is -2.19. The molecule has 0 atom stereocenters. The van der Waals surface area contributed by atoms with Gasteiger partial charge in [0, 0.05) is 27.6 Å². The number of anilines is 3. The summed E-state index contributed by atoms with van der Waals surface area (Å²) in [6, 6.07) is 58.9. The van der Waals surface area contributed by atoms with Crippen LogP contribution in [0.25, 0.3) is 38.1 Å². The third-order valence-corrected chi connectivity index (χ3v) is 31.3. The van der Waals surface area contributed by atoms with E-state index in [9.17, 15) is 42.1 Å². The normalized spacial score (nSPS) is 12.0. The van der Waals surface area contributed by atoms with Crippen LogP contribution in [0.3, 0.4) is 0 Å². The zero-order valence-corrected chi connectivity index (χ0v) is 88.7. The van der Waals surface area contributed by atoms with Crippen molar-refractivity contribution in [1.82, 2.24) is 75.0 Å². The third kappa shape index (κ3) is 23.5. The Morgan fingerprint density at radius 2 is 0.472 bits per heavy atom.